The van der Waals surface area contributed by atoms with Crippen LogP contribution in [0.4, 0.5) is 10.6 Å². The van der Waals surface area contributed by atoms with Crippen molar-refractivity contribution in [1.29, 1.82) is 5.26 Å². The molecule has 136 valence electrons. The summed E-state index contributed by atoms with van der Waals surface area (Å²) in [6.45, 7) is 1.41. The highest BCUT2D eigenvalue weighted by Gasteiger charge is 2.30. The Morgan fingerprint density at radius 2 is 2.15 bits per heavy atom. The van der Waals surface area contributed by atoms with Gasteiger partial charge in [0.15, 0.2) is 0 Å². The number of pyridine rings is 1. The molecule has 2 saturated heterocycles. The number of anilines is 1. The van der Waals surface area contributed by atoms with Crippen molar-refractivity contribution in [3.63, 3.8) is 0 Å². The number of nitrogens with one attached hydrogen (secondary N) is 3. The highest BCUT2D eigenvalue weighted by molar-refractivity contribution is 6.04. The first-order chi connectivity index (χ1) is 12.6. The molecule has 0 aliphatic carbocycles. The van der Waals surface area contributed by atoms with Crippen LogP contribution in [0.25, 0.3) is 0 Å². The van der Waals surface area contributed by atoms with Crippen LogP contribution in [-0.4, -0.2) is 48.0 Å². The Hall–Kier alpha value is -3.15. The lowest BCUT2D eigenvalue weighted by atomic mass is 10.0. The monoisotopic (exact) mass is 356 g/mol. The second kappa shape index (κ2) is 7.82. The van der Waals surface area contributed by atoms with Crippen molar-refractivity contribution < 1.29 is 14.4 Å². The van der Waals surface area contributed by atoms with Gasteiger partial charge in [-0.05, 0) is 31.4 Å². The van der Waals surface area contributed by atoms with Crippen LogP contribution in [0.5, 0.6) is 0 Å². The van der Waals surface area contributed by atoms with E-state index in [1.165, 1.54) is 0 Å². The highest BCUT2D eigenvalue weighted by atomic mass is 16.2. The average Bonchev–Trinajstić information content (AvgIpc) is 2.98. The molecule has 9 nitrogen and oxygen atoms in total. The second-order valence-electron chi connectivity index (χ2n) is 6.37. The molecule has 3 N–H and O–H groups in total. The Morgan fingerprint density at radius 3 is 2.81 bits per heavy atom. The third kappa shape index (κ3) is 4.08. The van der Waals surface area contributed by atoms with E-state index in [1.807, 2.05) is 0 Å². The van der Waals surface area contributed by atoms with E-state index in [9.17, 15) is 19.6 Å². The summed E-state index contributed by atoms with van der Waals surface area (Å²) in [6, 6.07) is 4.54. The minimum atomic E-state index is -0.636. The quantitative estimate of drug-likeness (QED) is 0.639. The van der Waals surface area contributed by atoms with Crippen LogP contribution < -0.4 is 20.9 Å². The van der Waals surface area contributed by atoms with Crippen molar-refractivity contribution in [2.45, 2.75) is 37.8 Å². The SMILES string of the molecule is N#Cc1cccnc1N1CCC(NC(=O)CC[C@H]2NC(=O)NC2=O)CC1. The smallest absolute Gasteiger partial charge is 0.322 e. The van der Waals surface area contributed by atoms with Crippen LogP contribution in [0.15, 0.2) is 18.3 Å². The summed E-state index contributed by atoms with van der Waals surface area (Å²) in [5, 5.41) is 16.8. The third-order valence-corrected chi connectivity index (χ3v) is 4.59. The molecule has 2 fully saturated rings. The molecule has 0 radical (unpaired) electrons. The van der Waals surface area contributed by atoms with Gasteiger partial charge in [0.05, 0.1) is 5.56 Å². The molecule has 0 spiro atoms. The van der Waals surface area contributed by atoms with Crippen LogP contribution in [0.1, 0.15) is 31.2 Å². The Labute approximate surface area is 150 Å². The van der Waals surface area contributed by atoms with Gasteiger partial charge in [0.1, 0.15) is 17.9 Å². The number of hydrogen-bond acceptors (Lipinski definition) is 6. The van der Waals surface area contributed by atoms with E-state index >= 15 is 0 Å². The molecule has 0 saturated carbocycles. The largest absolute Gasteiger partial charge is 0.355 e. The number of nitrogens with zero attached hydrogens (tertiary/aromatic N) is 3. The molecule has 9 heteroatoms. The Balaban J connectivity index is 1.44. The Kier molecular flexibility index (Phi) is 5.31. The molecule has 1 atom stereocenters. The minimum Gasteiger partial charge on any atom is -0.355 e. The van der Waals surface area contributed by atoms with Crippen LogP contribution in [-0.2, 0) is 9.59 Å². The zero-order valence-corrected chi connectivity index (χ0v) is 14.2. The summed E-state index contributed by atoms with van der Waals surface area (Å²) in [5.41, 5.74) is 0.548. The number of amides is 4. The zero-order valence-electron chi connectivity index (χ0n) is 14.2. The lowest BCUT2D eigenvalue weighted by Gasteiger charge is -2.33. The Morgan fingerprint density at radius 1 is 1.38 bits per heavy atom. The van der Waals surface area contributed by atoms with Crippen LogP contribution in [0.2, 0.25) is 0 Å². The number of hydrogen-bond donors (Lipinski definition) is 3. The molecule has 1 aromatic rings. The van der Waals surface area contributed by atoms with Gasteiger partial charge in [-0.3, -0.25) is 14.9 Å². The van der Waals surface area contributed by atoms with E-state index in [1.54, 1.807) is 18.3 Å². The number of piperidine rings is 1. The first kappa shape index (κ1) is 17.7. The average molecular weight is 356 g/mol. The summed E-state index contributed by atoms with van der Waals surface area (Å²) < 4.78 is 0. The first-order valence-corrected chi connectivity index (χ1v) is 8.57. The maximum absolute atomic E-state index is 12.1. The van der Waals surface area contributed by atoms with Gasteiger partial charge in [-0.25, -0.2) is 9.78 Å². The van der Waals surface area contributed by atoms with E-state index in [-0.39, 0.29) is 30.7 Å². The topological polar surface area (TPSA) is 127 Å². The minimum absolute atomic E-state index is 0.0555. The predicted molar refractivity (Wildman–Crippen MR) is 92.0 cm³/mol. The molecular formula is C17H20N6O3. The van der Waals surface area contributed by atoms with Crippen LogP contribution in [0, 0.1) is 11.3 Å². The number of rotatable bonds is 5. The van der Waals surface area contributed by atoms with Gasteiger partial charge in [0, 0.05) is 31.7 Å². The normalized spacial score (nSPS) is 20.3. The summed E-state index contributed by atoms with van der Waals surface area (Å²) in [5.74, 6) is 0.162. The predicted octanol–water partition coefficient (Wildman–Crippen LogP) is 0.0265. The molecule has 0 unspecified atom stereocenters. The van der Waals surface area contributed by atoms with Crippen molar-refractivity contribution >= 4 is 23.7 Å². The number of carbonyl (C=O) groups is 3. The maximum Gasteiger partial charge on any atom is 0.322 e. The maximum atomic E-state index is 12.1. The molecule has 3 heterocycles. The molecule has 2 aliphatic heterocycles. The third-order valence-electron chi connectivity index (χ3n) is 4.59. The van der Waals surface area contributed by atoms with Crippen LogP contribution >= 0.6 is 0 Å². The fourth-order valence-corrected chi connectivity index (χ4v) is 3.21. The first-order valence-electron chi connectivity index (χ1n) is 8.57. The standard InChI is InChI=1S/C17H20N6O3/c18-10-11-2-1-7-19-15(11)23-8-5-12(6-9-23)20-14(24)4-3-13-16(25)22-17(26)21-13/h1-2,7,12-13H,3-6,8-9H2,(H,20,24)(H2,21,22,25,26)/t13-/m1/s1. The van der Waals surface area contributed by atoms with E-state index in [0.717, 1.165) is 12.8 Å². The van der Waals surface area contributed by atoms with E-state index < -0.39 is 12.1 Å². The summed E-state index contributed by atoms with van der Waals surface area (Å²) in [4.78, 5) is 40.9. The molecule has 0 bridgehead atoms. The van der Waals surface area contributed by atoms with E-state index in [4.69, 9.17) is 0 Å². The molecule has 0 aromatic carbocycles. The van der Waals surface area contributed by atoms with Crippen molar-refractivity contribution in [3.05, 3.63) is 23.9 Å². The van der Waals surface area contributed by atoms with Crippen molar-refractivity contribution in [2.75, 3.05) is 18.0 Å². The Bertz CT molecular complexity index is 751. The van der Waals surface area contributed by atoms with E-state index in [0.29, 0.717) is 24.5 Å². The van der Waals surface area contributed by atoms with Gasteiger partial charge in [0.25, 0.3) is 5.91 Å². The van der Waals surface area contributed by atoms with Gasteiger partial charge in [-0.15, -0.1) is 0 Å². The fraction of sp³-hybridized carbons (Fsp3) is 0.471. The van der Waals surface area contributed by atoms with Gasteiger partial charge >= 0.3 is 6.03 Å². The lowest BCUT2D eigenvalue weighted by molar-refractivity contribution is -0.122. The number of carbonyl (C=O) groups excluding carboxylic acids is 3. The number of aromatic nitrogens is 1. The molecular weight excluding hydrogens is 336 g/mol. The molecule has 2 aliphatic rings. The van der Waals surface area contributed by atoms with Gasteiger partial charge in [0.2, 0.25) is 5.91 Å². The summed E-state index contributed by atoms with van der Waals surface area (Å²) in [7, 11) is 0. The molecule has 3 rings (SSSR count). The molecule has 4 amide bonds. The van der Waals surface area contributed by atoms with E-state index in [2.05, 4.69) is 31.9 Å². The summed E-state index contributed by atoms with van der Waals surface area (Å²) >= 11 is 0. The number of nitriles is 1. The van der Waals surface area contributed by atoms with Crippen molar-refractivity contribution in [2.24, 2.45) is 0 Å². The van der Waals surface area contributed by atoms with Crippen molar-refractivity contribution in [3.8, 4) is 6.07 Å². The van der Waals surface area contributed by atoms with Gasteiger partial charge < -0.3 is 15.5 Å². The molecule has 26 heavy (non-hydrogen) atoms. The second-order valence-corrected chi connectivity index (χ2v) is 6.37. The van der Waals surface area contributed by atoms with Gasteiger partial charge in [-0.1, -0.05) is 0 Å². The highest BCUT2D eigenvalue weighted by Crippen LogP contribution is 2.21. The lowest BCUT2D eigenvalue weighted by Crippen LogP contribution is -2.45. The number of urea groups is 1. The zero-order chi connectivity index (χ0) is 18.5. The van der Waals surface area contributed by atoms with Crippen molar-refractivity contribution in [1.82, 2.24) is 20.9 Å². The van der Waals surface area contributed by atoms with Gasteiger partial charge in [-0.2, -0.15) is 5.26 Å². The number of imide groups is 1. The fourth-order valence-electron chi connectivity index (χ4n) is 3.21. The molecule has 1 aromatic heterocycles. The summed E-state index contributed by atoms with van der Waals surface area (Å²) in [6.07, 6.45) is 3.64. The van der Waals surface area contributed by atoms with Crippen LogP contribution in [0.3, 0.4) is 0 Å².